The van der Waals surface area contributed by atoms with Gasteiger partial charge in [0.05, 0.1) is 25.5 Å². The second-order valence-corrected chi connectivity index (χ2v) is 6.76. The van der Waals surface area contributed by atoms with E-state index in [0.29, 0.717) is 26.0 Å². The van der Waals surface area contributed by atoms with Crippen molar-refractivity contribution in [3.05, 3.63) is 33.2 Å². The monoisotopic (exact) mass is 420 g/mol. The van der Waals surface area contributed by atoms with E-state index in [1.165, 1.54) is 13.2 Å². The van der Waals surface area contributed by atoms with Crippen LogP contribution < -0.4 is 15.5 Å². The van der Waals surface area contributed by atoms with E-state index in [2.05, 4.69) is 10.2 Å². The van der Waals surface area contributed by atoms with Crippen molar-refractivity contribution in [1.29, 1.82) is 0 Å². The van der Waals surface area contributed by atoms with E-state index in [9.17, 15) is 19.5 Å². The molecule has 1 heterocycles. The Kier molecular flexibility index (Phi) is 8.37. The number of nitrogens with one attached hydrogen (secondary N) is 1. The number of aromatic hydroxyl groups is 1. The summed E-state index contributed by atoms with van der Waals surface area (Å²) in [5.74, 6) is -0.520. The molecular weight excluding hydrogens is 392 g/mol. The highest BCUT2D eigenvalue weighted by Gasteiger charge is 2.21. The van der Waals surface area contributed by atoms with Crippen molar-refractivity contribution < 1.29 is 28.6 Å². The number of hydrogen-bond donors (Lipinski definition) is 2. The number of ether oxygens (including phenoxy) is 2. The molecule has 0 saturated heterocycles. The summed E-state index contributed by atoms with van der Waals surface area (Å²) in [5, 5.41) is 13.0. The Balaban J connectivity index is 2.22. The fourth-order valence-electron chi connectivity index (χ4n) is 3.16. The highest BCUT2D eigenvalue weighted by Crippen LogP contribution is 2.35. The number of phenolic OH excluding ortho intramolecular Hbond substituents is 1. The molecule has 0 saturated carbocycles. The van der Waals surface area contributed by atoms with Crippen LogP contribution in [0.25, 0.3) is 11.0 Å². The fourth-order valence-corrected chi connectivity index (χ4v) is 3.16. The number of methoxy groups -OCH3 is 2. The van der Waals surface area contributed by atoms with Gasteiger partial charge in [0.25, 0.3) is 0 Å². The molecule has 0 spiro atoms. The number of phenols is 1. The molecule has 164 valence electrons. The average molecular weight is 420 g/mol. The number of carbonyl (C=O) groups is 2. The highest BCUT2D eigenvalue weighted by atomic mass is 16.5. The van der Waals surface area contributed by atoms with Crippen LogP contribution in [-0.4, -0.2) is 69.2 Å². The van der Waals surface area contributed by atoms with Gasteiger partial charge >= 0.3 is 0 Å². The molecule has 9 heteroatoms. The third kappa shape index (κ3) is 5.17. The number of amides is 1. The smallest absolute Gasteiger partial charge is 0.224 e. The number of aldehydes is 1. The van der Waals surface area contributed by atoms with Crippen LogP contribution in [0.5, 0.6) is 11.5 Å². The molecule has 0 unspecified atom stereocenters. The molecule has 2 rings (SSSR count). The van der Waals surface area contributed by atoms with Crippen LogP contribution in [-0.2, 0) is 16.0 Å². The average Bonchev–Trinajstić information content (AvgIpc) is 2.73. The SMILES string of the molecule is CCN(CCNC(=O)Cc1c(C)oc2c(C=O)c(O)c(OC)cc2c1=O)CCOC. The third-order valence-corrected chi connectivity index (χ3v) is 4.94. The highest BCUT2D eigenvalue weighted by molar-refractivity contribution is 5.99. The second-order valence-electron chi connectivity index (χ2n) is 6.76. The molecule has 0 fully saturated rings. The van der Waals surface area contributed by atoms with Crippen molar-refractivity contribution in [2.24, 2.45) is 0 Å². The quantitative estimate of drug-likeness (QED) is 0.522. The maximum Gasteiger partial charge on any atom is 0.224 e. The van der Waals surface area contributed by atoms with E-state index >= 15 is 0 Å². The Morgan fingerprint density at radius 3 is 2.67 bits per heavy atom. The Morgan fingerprint density at radius 1 is 1.33 bits per heavy atom. The Bertz CT molecular complexity index is 968. The molecule has 0 aliphatic rings. The fraction of sp³-hybridized carbons (Fsp3) is 0.476. The number of benzene rings is 1. The summed E-state index contributed by atoms with van der Waals surface area (Å²) in [5.41, 5.74) is -0.458. The second kappa shape index (κ2) is 10.7. The lowest BCUT2D eigenvalue weighted by Crippen LogP contribution is -2.37. The number of nitrogens with zero attached hydrogens (tertiary/aromatic N) is 1. The van der Waals surface area contributed by atoms with Gasteiger partial charge in [0, 0.05) is 32.3 Å². The predicted octanol–water partition coefficient (Wildman–Crippen LogP) is 1.26. The molecular formula is C21H28N2O7. The van der Waals surface area contributed by atoms with Crippen molar-refractivity contribution in [2.45, 2.75) is 20.3 Å². The maximum absolute atomic E-state index is 13.0. The van der Waals surface area contributed by atoms with E-state index in [4.69, 9.17) is 13.9 Å². The third-order valence-electron chi connectivity index (χ3n) is 4.94. The molecule has 9 nitrogen and oxygen atoms in total. The van der Waals surface area contributed by atoms with Crippen LogP contribution in [0.3, 0.4) is 0 Å². The number of hydrogen-bond acceptors (Lipinski definition) is 8. The molecule has 2 aromatic rings. The first-order valence-electron chi connectivity index (χ1n) is 9.67. The summed E-state index contributed by atoms with van der Waals surface area (Å²) >= 11 is 0. The number of rotatable bonds is 11. The molecule has 0 aliphatic carbocycles. The molecule has 30 heavy (non-hydrogen) atoms. The summed E-state index contributed by atoms with van der Waals surface area (Å²) in [6.45, 7) is 6.89. The zero-order valence-electron chi connectivity index (χ0n) is 17.7. The Hall–Kier alpha value is -2.91. The predicted molar refractivity (Wildman–Crippen MR) is 112 cm³/mol. The molecule has 0 atom stereocenters. The lowest BCUT2D eigenvalue weighted by atomic mass is 10.0. The minimum atomic E-state index is -0.444. The minimum Gasteiger partial charge on any atom is -0.504 e. The maximum atomic E-state index is 13.0. The molecule has 1 aromatic heterocycles. The van der Waals surface area contributed by atoms with E-state index < -0.39 is 11.2 Å². The van der Waals surface area contributed by atoms with Gasteiger partial charge < -0.3 is 24.3 Å². The molecule has 0 aliphatic heterocycles. The van der Waals surface area contributed by atoms with Gasteiger partial charge in [-0.2, -0.15) is 0 Å². The first-order valence-corrected chi connectivity index (χ1v) is 9.67. The lowest BCUT2D eigenvalue weighted by Gasteiger charge is -2.20. The topological polar surface area (TPSA) is 118 Å². The van der Waals surface area contributed by atoms with E-state index in [1.807, 2.05) is 6.92 Å². The number of aryl methyl sites for hydroxylation is 1. The van der Waals surface area contributed by atoms with Crippen molar-refractivity contribution >= 4 is 23.2 Å². The van der Waals surface area contributed by atoms with Crippen LogP contribution in [0.2, 0.25) is 0 Å². The number of carbonyl (C=O) groups excluding carboxylic acids is 2. The lowest BCUT2D eigenvalue weighted by molar-refractivity contribution is -0.120. The van der Waals surface area contributed by atoms with Crippen molar-refractivity contribution in [1.82, 2.24) is 10.2 Å². The van der Waals surface area contributed by atoms with Crippen LogP contribution >= 0.6 is 0 Å². The summed E-state index contributed by atoms with van der Waals surface area (Å²) in [4.78, 5) is 38.9. The van der Waals surface area contributed by atoms with Crippen LogP contribution in [0.1, 0.15) is 28.6 Å². The van der Waals surface area contributed by atoms with Gasteiger partial charge in [0.2, 0.25) is 5.91 Å². The van der Waals surface area contributed by atoms with Gasteiger partial charge in [-0.15, -0.1) is 0 Å². The Labute approximate surface area is 174 Å². The van der Waals surface area contributed by atoms with E-state index in [-0.39, 0.29) is 45.9 Å². The van der Waals surface area contributed by atoms with Crippen LogP contribution in [0.15, 0.2) is 15.3 Å². The van der Waals surface area contributed by atoms with Gasteiger partial charge in [0.15, 0.2) is 28.8 Å². The van der Waals surface area contributed by atoms with Crippen molar-refractivity contribution in [2.75, 3.05) is 47.0 Å². The summed E-state index contributed by atoms with van der Waals surface area (Å²) < 4.78 is 15.7. The first-order chi connectivity index (χ1) is 14.4. The normalized spacial score (nSPS) is 11.1. The first kappa shape index (κ1) is 23.4. The standard InChI is InChI=1S/C21H28N2O7/c1-5-23(8-9-28-3)7-6-22-18(25)11-14-13(2)30-21-15(19(14)26)10-17(29-4)20(27)16(21)12-24/h10,12,27H,5-9,11H2,1-4H3,(H,22,25). The van der Waals surface area contributed by atoms with Gasteiger partial charge in [-0.3, -0.25) is 19.3 Å². The van der Waals surface area contributed by atoms with Crippen LogP contribution in [0.4, 0.5) is 0 Å². The number of likely N-dealkylation sites (N-methyl/N-ethyl adjacent to an activating group) is 1. The molecule has 1 aromatic carbocycles. The molecule has 2 N–H and O–H groups in total. The zero-order valence-corrected chi connectivity index (χ0v) is 17.7. The van der Waals surface area contributed by atoms with Crippen molar-refractivity contribution in [3.63, 3.8) is 0 Å². The van der Waals surface area contributed by atoms with E-state index in [1.54, 1.807) is 14.0 Å². The summed E-state index contributed by atoms with van der Waals surface area (Å²) in [7, 11) is 2.95. The largest absolute Gasteiger partial charge is 0.504 e. The molecule has 0 radical (unpaired) electrons. The van der Waals surface area contributed by atoms with Gasteiger partial charge in [-0.05, 0) is 19.5 Å². The molecule has 0 bridgehead atoms. The minimum absolute atomic E-state index is 0.0214. The Morgan fingerprint density at radius 2 is 2.07 bits per heavy atom. The number of fused-ring (bicyclic) bond motifs is 1. The van der Waals surface area contributed by atoms with E-state index in [0.717, 1.165) is 13.1 Å². The summed E-state index contributed by atoms with van der Waals surface area (Å²) in [6.07, 6.45) is 0.242. The van der Waals surface area contributed by atoms with Crippen LogP contribution in [0, 0.1) is 6.92 Å². The van der Waals surface area contributed by atoms with Crippen molar-refractivity contribution in [3.8, 4) is 11.5 Å². The zero-order chi connectivity index (χ0) is 22.3. The van der Waals surface area contributed by atoms with Gasteiger partial charge in [-0.1, -0.05) is 6.92 Å². The summed E-state index contributed by atoms with van der Waals surface area (Å²) in [6, 6.07) is 1.30. The molecule has 1 amide bonds. The van der Waals surface area contributed by atoms with Gasteiger partial charge in [0.1, 0.15) is 11.3 Å². The van der Waals surface area contributed by atoms with Gasteiger partial charge in [-0.25, -0.2) is 0 Å².